The molecule has 1 aromatic rings. The molecule has 0 fully saturated rings. The van der Waals surface area contributed by atoms with E-state index < -0.39 is 12.1 Å². The van der Waals surface area contributed by atoms with Crippen molar-refractivity contribution in [1.82, 2.24) is 5.32 Å². The minimum Gasteiger partial charge on any atom is -0.463 e. The fraction of sp³-hybridized carbons (Fsp3) is 0.286. The summed E-state index contributed by atoms with van der Waals surface area (Å²) in [6, 6.07) is 7.44. The van der Waals surface area contributed by atoms with Crippen LogP contribution in [0.15, 0.2) is 40.5 Å². The molecule has 0 heterocycles. The molecule has 0 aliphatic rings. The third-order valence-corrected chi connectivity index (χ3v) is 2.67. The highest BCUT2D eigenvalue weighted by Crippen LogP contribution is 2.12. The highest BCUT2D eigenvalue weighted by molar-refractivity contribution is 9.10. The lowest BCUT2D eigenvalue weighted by atomic mass is 10.2. The van der Waals surface area contributed by atoms with Crippen molar-refractivity contribution in [3.8, 4) is 0 Å². The van der Waals surface area contributed by atoms with Gasteiger partial charge < -0.3 is 9.47 Å². The van der Waals surface area contributed by atoms with Crippen LogP contribution in [-0.4, -0.2) is 18.7 Å². The highest BCUT2D eigenvalue weighted by atomic mass is 79.9. The van der Waals surface area contributed by atoms with E-state index >= 15 is 0 Å². The molecular weight excluding hydrogens is 326 g/mol. The summed E-state index contributed by atoms with van der Waals surface area (Å²) in [7, 11) is 0. The van der Waals surface area contributed by atoms with Gasteiger partial charge in [-0.25, -0.2) is 9.59 Å². The van der Waals surface area contributed by atoms with Gasteiger partial charge in [-0.05, 0) is 31.5 Å². The summed E-state index contributed by atoms with van der Waals surface area (Å²) in [4.78, 5) is 22.7. The number of carbonyl (C=O) groups is 2. The Balaban J connectivity index is 2.42. The fourth-order valence-electron chi connectivity index (χ4n) is 1.37. The molecule has 0 radical (unpaired) electrons. The second-order valence-corrected chi connectivity index (χ2v) is 4.83. The number of esters is 1. The predicted octanol–water partition coefficient (Wildman–Crippen LogP) is 3.14. The van der Waals surface area contributed by atoms with Crippen LogP contribution in [0.4, 0.5) is 4.79 Å². The van der Waals surface area contributed by atoms with Gasteiger partial charge in [-0.1, -0.05) is 28.1 Å². The van der Waals surface area contributed by atoms with E-state index in [0.717, 1.165) is 10.0 Å². The molecule has 0 bridgehead atoms. The van der Waals surface area contributed by atoms with Crippen LogP contribution in [0, 0.1) is 0 Å². The topological polar surface area (TPSA) is 64.6 Å². The van der Waals surface area contributed by atoms with Gasteiger partial charge in [-0.3, -0.25) is 5.32 Å². The number of alkyl carbamates (subject to hydrolysis) is 1. The summed E-state index contributed by atoms with van der Waals surface area (Å²) in [5.41, 5.74) is 1.23. The van der Waals surface area contributed by atoms with Crippen LogP contribution in [0.2, 0.25) is 0 Å². The van der Waals surface area contributed by atoms with Gasteiger partial charge in [0.05, 0.1) is 6.61 Å². The molecule has 0 aliphatic heterocycles. The lowest BCUT2D eigenvalue weighted by Crippen LogP contribution is -2.23. The maximum Gasteiger partial charge on any atom is 0.411 e. The molecule has 6 heteroatoms. The lowest BCUT2D eigenvalue weighted by Gasteiger charge is -2.07. The molecular formula is C14H16BrNO4. The third-order valence-electron chi connectivity index (χ3n) is 2.18. The molecule has 1 aromatic carbocycles. The second kappa shape index (κ2) is 8.37. The minimum atomic E-state index is -0.622. The van der Waals surface area contributed by atoms with Crippen LogP contribution in [0.5, 0.6) is 0 Å². The summed E-state index contributed by atoms with van der Waals surface area (Å²) < 4.78 is 10.7. The zero-order valence-corrected chi connectivity index (χ0v) is 12.9. The van der Waals surface area contributed by atoms with Gasteiger partial charge in [0.1, 0.15) is 6.61 Å². The number of ether oxygens (including phenoxy) is 2. The van der Waals surface area contributed by atoms with E-state index in [0.29, 0.717) is 5.70 Å². The average molecular weight is 342 g/mol. The SMILES string of the molecule is CCOC(=O)C=C(C)NC(=O)OCc1cccc(Br)c1. The van der Waals surface area contributed by atoms with Crippen molar-refractivity contribution in [3.05, 3.63) is 46.1 Å². The molecule has 0 unspecified atom stereocenters. The number of rotatable bonds is 5. The van der Waals surface area contributed by atoms with Gasteiger partial charge in [-0.15, -0.1) is 0 Å². The first-order valence-electron chi connectivity index (χ1n) is 6.04. The summed E-state index contributed by atoms with van der Waals surface area (Å²) in [6.07, 6.45) is 0.576. The second-order valence-electron chi connectivity index (χ2n) is 3.91. The van der Waals surface area contributed by atoms with Crippen LogP contribution in [-0.2, 0) is 20.9 Å². The maximum absolute atomic E-state index is 11.5. The van der Waals surface area contributed by atoms with Gasteiger partial charge in [0.25, 0.3) is 0 Å². The molecule has 0 saturated carbocycles. The molecule has 20 heavy (non-hydrogen) atoms. The molecule has 5 nitrogen and oxygen atoms in total. The Labute approximate surface area is 126 Å². The molecule has 1 N–H and O–H groups in total. The molecule has 0 atom stereocenters. The summed E-state index contributed by atoms with van der Waals surface area (Å²) in [6.45, 7) is 3.73. The number of hydrogen-bond acceptors (Lipinski definition) is 4. The molecule has 0 aliphatic carbocycles. The normalized spacial score (nSPS) is 10.8. The van der Waals surface area contributed by atoms with E-state index in [9.17, 15) is 9.59 Å². The molecule has 0 spiro atoms. The van der Waals surface area contributed by atoms with Crippen LogP contribution in [0.1, 0.15) is 19.4 Å². The predicted molar refractivity (Wildman–Crippen MR) is 77.9 cm³/mol. The Morgan fingerprint density at radius 3 is 2.75 bits per heavy atom. The zero-order valence-electron chi connectivity index (χ0n) is 11.3. The molecule has 0 saturated heterocycles. The number of nitrogens with one attached hydrogen (secondary N) is 1. The van der Waals surface area contributed by atoms with Crippen molar-refractivity contribution < 1.29 is 19.1 Å². The average Bonchev–Trinajstić information content (AvgIpc) is 2.36. The Morgan fingerprint density at radius 2 is 2.10 bits per heavy atom. The fourth-order valence-corrected chi connectivity index (χ4v) is 1.82. The Hall–Kier alpha value is -1.82. The quantitative estimate of drug-likeness (QED) is 0.660. The lowest BCUT2D eigenvalue weighted by molar-refractivity contribution is -0.137. The molecule has 0 aromatic heterocycles. The van der Waals surface area contributed by atoms with Crippen molar-refractivity contribution in [1.29, 1.82) is 0 Å². The summed E-state index contributed by atoms with van der Waals surface area (Å²) in [5, 5.41) is 2.44. The Morgan fingerprint density at radius 1 is 1.35 bits per heavy atom. The molecule has 1 amide bonds. The number of carbonyl (C=O) groups excluding carboxylic acids is 2. The van der Waals surface area contributed by atoms with E-state index in [2.05, 4.69) is 21.2 Å². The van der Waals surface area contributed by atoms with Gasteiger partial charge in [0.2, 0.25) is 0 Å². The molecule has 108 valence electrons. The van der Waals surface area contributed by atoms with Crippen molar-refractivity contribution in [2.45, 2.75) is 20.5 Å². The van der Waals surface area contributed by atoms with E-state index in [1.165, 1.54) is 6.08 Å². The van der Waals surface area contributed by atoms with E-state index in [1.54, 1.807) is 13.8 Å². The summed E-state index contributed by atoms with van der Waals surface area (Å²) >= 11 is 3.33. The standard InChI is InChI=1S/C14H16BrNO4/c1-3-19-13(17)7-10(2)16-14(18)20-9-11-5-4-6-12(15)8-11/h4-8H,3,9H2,1-2H3,(H,16,18). The number of benzene rings is 1. The number of halogens is 1. The number of amides is 1. The summed E-state index contributed by atoms with van der Waals surface area (Å²) in [5.74, 6) is -0.503. The minimum absolute atomic E-state index is 0.151. The first-order chi connectivity index (χ1) is 9.51. The smallest absolute Gasteiger partial charge is 0.411 e. The Kier molecular flexibility index (Phi) is 6.79. The van der Waals surface area contributed by atoms with Crippen molar-refractivity contribution in [3.63, 3.8) is 0 Å². The van der Waals surface area contributed by atoms with Gasteiger partial charge in [-0.2, -0.15) is 0 Å². The first kappa shape index (κ1) is 16.2. The van der Waals surface area contributed by atoms with Crippen molar-refractivity contribution in [2.75, 3.05) is 6.61 Å². The first-order valence-corrected chi connectivity index (χ1v) is 6.84. The van der Waals surface area contributed by atoms with Gasteiger partial charge in [0.15, 0.2) is 0 Å². The van der Waals surface area contributed by atoms with Gasteiger partial charge >= 0.3 is 12.1 Å². The number of hydrogen-bond donors (Lipinski definition) is 1. The van der Waals surface area contributed by atoms with E-state index in [4.69, 9.17) is 9.47 Å². The molecule has 1 rings (SSSR count). The monoisotopic (exact) mass is 341 g/mol. The number of allylic oxidation sites excluding steroid dienone is 1. The van der Waals surface area contributed by atoms with Crippen LogP contribution >= 0.6 is 15.9 Å². The zero-order chi connectivity index (χ0) is 15.0. The van der Waals surface area contributed by atoms with Crippen molar-refractivity contribution >= 4 is 28.0 Å². The van der Waals surface area contributed by atoms with E-state index in [1.807, 2.05) is 24.3 Å². The Bertz CT molecular complexity index is 514. The largest absolute Gasteiger partial charge is 0.463 e. The van der Waals surface area contributed by atoms with Crippen LogP contribution < -0.4 is 5.32 Å². The maximum atomic E-state index is 11.5. The highest BCUT2D eigenvalue weighted by Gasteiger charge is 2.05. The van der Waals surface area contributed by atoms with E-state index in [-0.39, 0.29) is 13.2 Å². The van der Waals surface area contributed by atoms with Crippen LogP contribution in [0.25, 0.3) is 0 Å². The van der Waals surface area contributed by atoms with Crippen LogP contribution in [0.3, 0.4) is 0 Å². The van der Waals surface area contributed by atoms with Gasteiger partial charge in [0, 0.05) is 16.2 Å². The third kappa shape index (κ3) is 6.38. The van der Waals surface area contributed by atoms with Crippen molar-refractivity contribution in [2.24, 2.45) is 0 Å².